The third-order valence-electron chi connectivity index (χ3n) is 3.30. The van der Waals surface area contributed by atoms with Gasteiger partial charge in [-0.05, 0) is 43.3 Å². The highest BCUT2D eigenvalue weighted by molar-refractivity contribution is 7.71. The molecule has 0 aliphatic rings. The molecule has 23 heavy (non-hydrogen) atoms. The number of ether oxygens (including phenoxy) is 1. The molecule has 0 saturated carbocycles. The molecule has 0 aliphatic carbocycles. The Labute approximate surface area is 140 Å². The zero-order valence-electron chi connectivity index (χ0n) is 13.5. The van der Waals surface area contributed by atoms with E-state index in [2.05, 4.69) is 22.4 Å². The Hall–Kier alpha value is -2.15. The van der Waals surface area contributed by atoms with Crippen molar-refractivity contribution in [3.8, 4) is 5.75 Å². The van der Waals surface area contributed by atoms with Crippen LogP contribution in [-0.4, -0.2) is 33.8 Å². The SMILES string of the molecule is CCCc1n[nH]c(=S)n1CC(=O)NCCOc1cccc(C)c1. The van der Waals surface area contributed by atoms with Crippen molar-refractivity contribution in [2.75, 3.05) is 13.2 Å². The number of benzene rings is 1. The molecule has 0 saturated heterocycles. The number of hydrogen-bond acceptors (Lipinski definition) is 4. The quantitative estimate of drug-likeness (QED) is 0.574. The van der Waals surface area contributed by atoms with Crippen LogP contribution in [0.3, 0.4) is 0 Å². The van der Waals surface area contributed by atoms with Crippen molar-refractivity contribution in [1.29, 1.82) is 0 Å². The summed E-state index contributed by atoms with van der Waals surface area (Å²) in [4.78, 5) is 12.0. The Bertz CT molecular complexity index is 708. The highest BCUT2D eigenvalue weighted by Gasteiger charge is 2.09. The molecule has 1 aromatic carbocycles. The van der Waals surface area contributed by atoms with E-state index in [9.17, 15) is 4.79 Å². The monoisotopic (exact) mass is 334 g/mol. The lowest BCUT2D eigenvalue weighted by atomic mass is 10.2. The molecule has 1 aromatic heterocycles. The first-order chi connectivity index (χ1) is 11.1. The van der Waals surface area contributed by atoms with Crippen molar-refractivity contribution in [3.05, 3.63) is 40.4 Å². The van der Waals surface area contributed by atoms with E-state index in [1.54, 1.807) is 4.57 Å². The molecule has 1 heterocycles. The van der Waals surface area contributed by atoms with E-state index < -0.39 is 0 Å². The van der Waals surface area contributed by atoms with Crippen molar-refractivity contribution in [3.63, 3.8) is 0 Å². The number of aryl methyl sites for hydroxylation is 2. The van der Waals surface area contributed by atoms with Gasteiger partial charge in [-0.15, -0.1) is 0 Å². The van der Waals surface area contributed by atoms with Gasteiger partial charge in [-0.1, -0.05) is 19.1 Å². The first kappa shape index (κ1) is 17.2. The van der Waals surface area contributed by atoms with Gasteiger partial charge >= 0.3 is 0 Å². The number of amides is 1. The average molecular weight is 334 g/mol. The van der Waals surface area contributed by atoms with Crippen LogP contribution in [0.1, 0.15) is 24.7 Å². The van der Waals surface area contributed by atoms with E-state index in [-0.39, 0.29) is 12.5 Å². The van der Waals surface area contributed by atoms with Gasteiger partial charge in [0.15, 0.2) is 4.77 Å². The topological polar surface area (TPSA) is 71.9 Å². The normalized spacial score (nSPS) is 10.5. The van der Waals surface area contributed by atoms with E-state index in [0.717, 1.165) is 30.0 Å². The van der Waals surface area contributed by atoms with Crippen molar-refractivity contribution < 1.29 is 9.53 Å². The van der Waals surface area contributed by atoms with Gasteiger partial charge in [0.05, 0.1) is 6.54 Å². The number of nitrogens with one attached hydrogen (secondary N) is 2. The molecule has 0 atom stereocenters. The molecule has 0 aliphatic heterocycles. The summed E-state index contributed by atoms with van der Waals surface area (Å²) in [5.41, 5.74) is 1.14. The zero-order valence-corrected chi connectivity index (χ0v) is 14.3. The molecule has 124 valence electrons. The maximum atomic E-state index is 12.0. The van der Waals surface area contributed by atoms with Crippen molar-refractivity contribution in [2.45, 2.75) is 33.2 Å². The first-order valence-electron chi connectivity index (χ1n) is 7.70. The second-order valence-corrected chi connectivity index (χ2v) is 5.68. The van der Waals surface area contributed by atoms with Crippen LogP contribution in [0.15, 0.2) is 24.3 Å². The van der Waals surface area contributed by atoms with Crippen LogP contribution in [0.4, 0.5) is 0 Å². The Morgan fingerprint density at radius 1 is 1.48 bits per heavy atom. The number of aromatic amines is 1. The molecule has 0 radical (unpaired) electrons. The van der Waals surface area contributed by atoms with Crippen LogP contribution in [0.2, 0.25) is 0 Å². The van der Waals surface area contributed by atoms with E-state index in [4.69, 9.17) is 17.0 Å². The van der Waals surface area contributed by atoms with Crippen LogP contribution in [0, 0.1) is 11.7 Å². The van der Waals surface area contributed by atoms with Crippen molar-refractivity contribution >= 4 is 18.1 Å². The summed E-state index contributed by atoms with van der Waals surface area (Å²) >= 11 is 5.16. The van der Waals surface area contributed by atoms with Gasteiger partial charge in [0.25, 0.3) is 0 Å². The summed E-state index contributed by atoms with van der Waals surface area (Å²) in [6.45, 7) is 5.12. The van der Waals surface area contributed by atoms with Gasteiger partial charge < -0.3 is 10.1 Å². The number of aromatic nitrogens is 3. The summed E-state index contributed by atoms with van der Waals surface area (Å²) in [6, 6.07) is 7.82. The summed E-state index contributed by atoms with van der Waals surface area (Å²) < 4.78 is 7.80. The smallest absolute Gasteiger partial charge is 0.240 e. The first-order valence-corrected chi connectivity index (χ1v) is 8.11. The minimum Gasteiger partial charge on any atom is -0.492 e. The van der Waals surface area contributed by atoms with Crippen molar-refractivity contribution in [1.82, 2.24) is 20.1 Å². The Morgan fingerprint density at radius 3 is 3.04 bits per heavy atom. The lowest BCUT2D eigenvalue weighted by molar-refractivity contribution is -0.121. The summed E-state index contributed by atoms with van der Waals surface area (Å²) in [6.07, 6.45) is 1.74. The van der Waals surface area contributed by atoms with Gasteiger partial charge in [0, 0.05) is 6.42 Å². The van der Waals surface area contributed by atoms with Gasteiger partial charge in [-0.2, -0.15) is 5.10 Å². The molecule has 2 rings (SSSR count). The highest BCUT2D eigenvalue weighted by Crippen LogP contribution is 2.11. The number of hydrogen-bond donors (Lipinski definition) is 2. The minimum absolute atomic E-state index is 0.104. The van der Waals surface area contributed by atoms with Crippen LogP contribution in [0.5, 0.6) is 5.75 Å². The van der Waals surface area contributed by atoms with Crippen LogP contribution in [0.25, 0.3) is 0 Å². The van der Waals surface area contributed by atoms with Gasteiger partial charge in [0.1, 0.15) is 24.7 Å². The maximum absolute atomic E-state index is 12.0. The van der Waals surface area contributed by atoms with E-state index in [1.807, 2.05) is 31.2 Å². The van der Waals surface area contributed by atoms with Crippen molar-refractivity contribution in [2.24, 2.45) is 0 Å². The van der Waals surface area contributed by atoms with Gasteiger partial charge in [-0.25, -0.2) is 0 Å². The van der Waals surface area contributed by atoms with Crippen LogP contribution >= 0.6 is 12.2 Å². The summed E-state index contributed by atoms with van der Waals surface area (Å²) in [7, 11) is 0. The van der Waals surface area contributed by atoms with E-state index in [0.29, 0.717) is 17.9 Å². The molecule has 6 nitrogen and oxygen atoms in total. The molecular weight excluding hydrogens is 312 g/mol. The number of carbonyl (C=O) groups excluding carboxylic acids is 1. The second kappa shape index (κ2) is 8.47. The molecule has 0 bridgehead atoms. The lowest BCUT2D eigenvalue weighted by Gasteiger charge is -2.09. The highest BCUT2D eigenvalue weighted by atomic mass is 32.1. The molecule has 2 aromatic rings. The average Bonchev–Trinajstić information content (AvgIpc) is 2.85. The predicted octanol–water partition coefficient (Wildman–Crippen LogP) is 2.40. The molecule has 2 N–H and O–H groups in total. The largest absolute Gasteiger partial charge is 0.492 e. The summed E-state index contributed by atoms with van der Waals surface area (Å²) in [5.74, 6) is 1.51. The number of nitrogens with zero attached hydrogens (tertiary/aromatic N) is 2. The van der Waals surface area contributed by atoms with Gasteiger partial charge in [-0.3, -0.25) is 14.5 Å². The third kappa shape index (κ3) is 5.21. The molecule has 0 spiro atoms. The second-order valence-electron chi connectivity index (χ2n) is 5.30. The summed E-state index contributed by atoms with van der Waals surface area (Å²) in [5, 5.41) is 9.71. The fraction of sp³-hybridized carbons (Fsp3) is 0.438. The van der Waals surface area contributed by atoms with Gasteiger partial charge in [0.2, 0.25) is 5.91 Å². The molecule has 1 amide bonds. The van der Waals surface area contributed by atoms with Crippen LogP contribution < -0.4 is 10.1 Å². The zero-order chi connectivity index (χ0) is 16.7. The van der Waals surface area contributed by atoms with Crippen LogP contribution in [-0.2, 0) is 17.8 Å². The molecule has 0 unspecified atom stereocenters. The lowest BCUT2D eigenvalue weighted by Crippen LogP contribution is -2.31. The standard InChI is InChI=1S/C16H22N4O2S/c1-3-5-14-18-19-16(23)20(14)11-15(21)17-8-9-22-13-7-4-6-12(2)10-13/h4,6-7,10H,3,5,8-9,11H2,1-2H3,(H,17,21)(H,19,23). The molecule has 0 fully saturated rings. The minimum atomic E-state index is -0.104. The Balaban J connectivity index is 1.77. The predicted molar refractivity (Wildman–Crippen MR) is 91.1 cm³/mol. The number of rotatable bonds is 8. The van der Waals surface area contributed by atoms with E-state index >= 15 is 0 Å². The van der Waals surface area contributed by atoms with E-state index in [1.165, 1.54) is 0 Å². The third-order valence-corrected chi connectivity index (χ3v) is 3.61. The molecule has 7 heteroatoms. The number of carbonyl (C=O) groups is 1. The Morgan fingerprint density at radius 2 is 2.30 bits per heavy atom. The fourth-order valence-electron chi connectivity index (χ4n) is 2.19. The maximum Gasteiger partial charge on any atom is 0.240 e. The fourth-order valence-corrected chi connectivity index (χ4v) is 2.41. The molecular formula is C16H22N4O2S. The Kier molecular flexibility index (Phi) is 6.34. The number of H-pyrrole nitrogens is 1.